The second-order valence-electron chi connectivity index (χ2n) is 4.99. The molecule has 0 unspecified atom stereocenters. The first-order chi connectivity index (χ1) is 10.1. The summed E-state index contributed by atoms with van der Waals surface area (Å²) in [6, 6.07) is 8.74. The van der Waals surface area contributed by atoms with E-state index in [0.29, 0.717) is 11.4 Å². The Morgan fingerprint density at radius 1 is 1.10 bits per heavy atom. The number of benzene rings is 1. The van der Waals surface area contributed by atoms with Crippen molar-refractivity contribution in [2.45, 2.75) is 0 Å². The molecule has 0 radical (unpaired) electrons. The van der Waals surface area contributed by atoms with Crippen LogP contribution in [0.5, 0.6) is 0 Å². The Morgan fingerprint density at radius 2 is 1.76 bits per heavy atom. The Labute approximate surface area is 131 Å². The van der Waals surface area contributed by atoms with Gasteiger partial charge < -0.3 is 15.5 Å². The van der Waals surface area contributed by atoms with Crippen LogP contribution in [0.25, 0.3) is 0 Å². The highest BCUT2D eigenvalue weighted by Gasteiger charge is 2.21. The molecule has 2 aromatic rings. The normalized spacial score (nSPS) is 15.3. The fraction of sp³-hybridized carbons (Fsp3) is 0.267. The number of para-hydroxylation sites is 1. The minimum atomic E-state index is -0.174. The zero-order chi connectivity index (χ0) is 14.8. The number of nitrogen functional groups attached to an aromatic ring is 1. The first kappa shape index (κ1) is 14.1. The summed E-state index contributed by atoms with van der Waals surface area (Å²) >= 11 is 3.36. The Balaban J connectivity index is 1.72. The van der Waals surface area contributed by atoms with Crippen LogP contribution >= 0.6 is 15.9 Å². The zero-order valence-electron chi connectivity index (χ0n) is 11.5. The number of halogens is 2. The SMILES string of the molecule is Nc1cc(Br)cnc1N1CCN(c2ccccc2F)CC1. The van der Waals surface area contributed by atoms with Crippen molar-refractivity contribution in [2.24, 2.45) is 0 Å². The van der Waals surface area contributed by atoms with Gasteiger partial charge in [-0.05, 0) is 34.1 Å². The van der Waals surface area contributed by atoms with Gasteiger partial charge in [-0.3, -0.25) is 0 Å². The molecule has 4 nitrogen and oxygen atoms in total. The topological polar surface area (TPSA) is 45.4 Å². The summed E-state index contributed by atoms with van der Waals surface area (Å²) in [4.78, 5) is 8.57. The molecule has 1 saturated heterocycles. The average molecular weight is 351 g/mol. The molecule has 1 aromatic carbocycles. The van der Waals surface area contributed by atoms with Crippen molar-refractivity contribution >= 4 is 33.1 Å². The van der Waals surface area contributed by atoms with E-state index in [4.69, 9.17) is 5.73 Å². The molecule has 1 aromatic heterocycles. The van der Waals surface area contributed by atoms with Gasteiger partial charge in [0.05, 0.1) is 11.4 Å². The highest BCUT2D eigenvalue weighted by Crippen LogP contribution is 2.26. The number of hydrogen-bond donors (Lipinski definition) is 1. The smallest absolute Gasteiger partial charge is 0.151 e. The minimum Gasteiger partial charge on any atom is -0.396 e. The monoisotopic (exact) mass is 350 g/mol. The molecular weight excluding hydrogens is 335 g/mol. The highest BCUT2D eigenvalue weighted by molar-refractivity contribution is 9.10. The van der Waals surface area contributed by atoms with Gasteiger partial charge in [0, 0.05) is 36.8 Å². The average Bonchev–Trinajstić information content (AvgIpc) is 2.48. The number of nitrogens with two attached hydrogens (primary N) is 1. The summed E-state index contributed by atoms with van der Waals surface area (Å²) in [5, 5.41) is 0. The van der Waals surface area contributed by atoms with Gasteiger partial charge in [0.15, 0.2) is 5.82 Å². The maximum absolute atomic E-state index is 13.8. The molecule has 0 spiro atoms. The van der Waals surface area contributed by atoms with Gasteiger partial charge in [-0.2, -0.15) is 0 Å². The van der Waals surface area contributed by atoms with E-state index in [1.807, 2.05) is 18.2 Å². The lowest BCUT2D eigenvalue weighted by atomic mass is 10.2. The molecule has 1 aliphatic rings. The fourth-order valence-electron chi connectivity index (χ4n) is 2.58. The summed E-state index contributed by atoms with van der Waals surface area (Å²) in [5.41, 5.74) is 7.33. The van der Waals surface area contributed by atoms with Crippen LogP contribution in [0.4, 0.5) is 21.6 Å². The van der Waals surface area contributed by atoms with Gasteiger partial charge in [-0.1, -0.05) is 12.1 Å². The van der Waals surface area contributed by atoms with E-state index in [0.717, 1.165) is 36.5 Å². The first-order valence-corrected chi connectivity index (χ1v) is 7.60. The number of nitrogens with zero attached hydrogens (tertiary/aromatic N) is 3. The summed E-state index contributed by atoms with van der Waals surface area (Å²) in [6.45, 7) is 3.04. The standard InChI is InChI=1S/C15H16BrFN4/c16-11-9-13(18)15(19-10-11)21-7-5-20(6-8-21)14-4-2-1-3-12(14)17/h1-4,9-10H,5-8,18H2. The third kappa shape index (κ3) is 2.95. The van der Waals surface area contributed by atoms with Crippen molar-refractivity contribution < 1.29 is 4.39 Å². The Morgan fingerprint density at radius 3 is 2.43 bits per heavy atom. The molecule has 3 rings (SSSR count). The molecule has 0 amide bonds. The predicted molar refractivity (Wildman–Crippen MR) is 87.2 cm³/mol. The van der Waals surface area contributed by atoms with Crippen LogP contribution in [0.3, 0.4) is 0 Å². The van der Waals surface area contributed by atoms with Crippen molar-refractivity contribution in [3.8, 4) is 0 Å². The lowest BCUT2D eigenvalue weighted by Gasteiger charge is -2.37. The highest BCUT2D eigenvalue weighted by atomic mass is 79.9. The summed E-state index contributed by atoms with van der Waals surface area (Å²) in [6.07, 6.45) is 1.74. The number of rotatable bonds is 2. The lowest BCUT2D eigenvalue weighted by molar-refractivity contribution is 0.596. The Hall–Kier alpha value is -1.82. The van der Waals surface area contributed by atoms with Crippen LogP contribution in [0.15, 0.2) is 41.0 Å². The molecule has 1 fully saturated rings. The van der Waals surface area contributed by atoms with Crippen molar-refractivity contribution in [1.82, 2.24) is 4.98 Å². The van der Waals surface area contributed by atoms with Gasteiger partial charge in [0.25, 0.3) is 0 Å². The Kier molecular flexibility index (Phi) is 3.96. The van der Waals surface area contributed by atoms with Gasteiger partial charge in [-0.25, -0.2) is 9.37 Å². The zero-order valence-corrected chi connectivity index (χ0v) is 13.1. The largest absolute Gasteiger partial charge is 0.396 e. The molecule has 0 bridgehead atoms. The third-order valence-electron chi connectivity index (χ3n) is 3.63. The predicted octanol–water partition coefficient (Wildman–Crippen LogP) is 2.89. The quantitative estimate of drug-likeness (QED) is 0.904. The van der Waals surface area contributed by atoms with Gasteiger partial charge >= 0.3 is 0 Å². The number of pyridine rings is 1. The molecule has 1 aliphatic heterocycles. The minimum absolute atomic E-state index is 0.174. The maximum atomic E-state index is 13.8. The van der Waals surface area contributed by atoms with Crippen molar-refractivity contribution in [1.29, 1.82) is 0 Å². The van der Waals surface area contributed by atoms with E-state index in [-0.39, 0.29) is 5.82 Å². The molecule has 110 valence electrons. The summed E-state index contributed by atoms with van der Waals surface area (Å²) < 4.78 is 14.7. The Bertz CT molecular complexity index is 641. The molecule has 2 N–H and O–H groups in total. The summed E-state index contributed by atoms with van der Waals surface area (Å²) in [7, 11) is 0. The van der Waals surface area contributed by atoms with Crippen LogP contribution in [-0.4, -0.2) is 31.2 Å². The number of hydrogen-bond acceptors (Lipinski definition) is 4. The van der Waals surface area contributed by atoms with E-state index in [1.54, 1.807) is 12.3 Å². The molecule has 0 aliphatic carbocycles. The van der Waals surface area contributed by atoms with Crippen molar-refractivity contribution in [3.63, 3.8) is 0 Å². The fourth-order valence-corrected chi connectivity index (χ4v) is 2.93. The van der Waals surface area contributed by atoms with Crippen LogP contribution in [0, 0.1) is 5.82 Å². The summed E-state index contributed by atoms with van der Waals surface area (Å²) in [5.74, 6) is 0.624. The number of aromatic nitrogens is 1. The molecule has 21 heavy (non-hydrogen) atoms. The van der Waals surface area contributed by atoms with Gasteiger partial charge in [0.2, 0.25) is 0 Å². The van der Waals surface area contributed by atoms with E-state index >= 15 is 0 Å². The lowest BCUT2D eigenvalue weighted by Crippen LogP contribution is -2.47. The maximum Gasteiger partial charge on any atom is 0.151 e. The third-order valence-corrected chi connectivity index (χ3v) is 4.07. The van der Waals surface area contributed by atoms with Crippen LogP contribution in [0.1, 0.15) is 0 Å². The van der Waals surface area contributed by atoms with E-state index in [1.165, 1.54) is 6.07 Å². The van der Waals surface area contributed by atoms with E-state index < -0.39 is 0 Å². The van der Waals surface area contributed by atoms with Gasteiger partial charge in [-0.15, -0.1) is 0 Å². The van der Waals surface area contributed by atoms with E-state index in [2.05, 4.69) is 30.7 Å². The molecule has 2 heterocycles. The van der Waals surface area contributed by atoms with Crippen LogP contribution in [-0.2, 0) is 0 Å². The van der Waals surface area contributed by atoms with Crippen LogP contribution in [0.2, 0.25) is 0 Å². The van der Waals surface area contributed by atoms with Crippen molar-refractivity contribution in [3.05, 3.63) is 46.8 Å². The second kappa shape index (κ2) is 5.89. The first-order valence-electron chi connectivity index (χ1n) is 6.80. The molecule has 0 atom stereocenters. The number of piperazine rings is 1. The van der Waals surface area contributed by atoms with E-state index in [9.17, 15) is 4.39 Å². The van der Waals surface area contributed by atoms with Gasteiger partial charge in [0.1, 0.15) is 5.82 Å². The van der Waals surface area contributed by atoms with Crippen LogP contribution < -0.4 is 15.5 Å². The molecule has 6 heteroatoms. The second-order valence-corrected chi connectivity index (χ2v) is 5.91. The molecular formula is C15H16BrFN4. The molecule has 0 saturated carbocycles. The van der Waals surface area contributed by atoms with Crippen molar-refractivity contribution in [2.75, 3.05) is 41.7 Å². The number of anilines is 3.